The zero-order valence-electron chi connectivity index (χ0n) is 9.81. The summed E-state index contributed by atoms with van der Waals surface area (Å²) in [6.07, 6.45) is 1.93. The van der Waals surface area contributed by atoms with Crippen LogP contribution in [-0.2, 0) is 9.84 Å². The molecule has 0 bridgehead atoms. The fourth-order valence-corrected chi connectivity index (χ4v) is 2.18. The highest BCUT2D eigenvalue weighted by Gasteiger charge is 2.05. The van der Waals surface area contributed by atoms with E-state index in [2.05, 4.69) is 24.4 Å². The van der Waals surface area contributed by atoms with Gasteiger partial charge < -0.3 is 5.32 Å². The Hall–Kier alpha value is -0.870. The molecule has 16 heavy (non-hydrogen) atoms. The molecule has 1 N–H and O–H groups in total. The molecule has 0 aliphatic rings. The smallest absolute Gasteiger partial charge is 0.147 e. The second kappa shape index (κ2) is 6.01. The van der Waals surface area contributed by atoms with Gasteiger partial charge >= 0.3 is 0 Å². The van der Waals surface area contributed by atoms with Crippen LogP contribution in [0, 0.1) is 0 Å². The summed E-state index contributed by atoms with van der Waals surface area (Å²) in [6, 6.07) is 10.4. The molecule has 0 fully saturated rings. The molecule has 0 aromatic heterocycles. The van der Waals surface area contributed by atoms with Gasteiger partial charge in [-0.05, 0) is 25.5 Å². The van der Waals surface area contributed by atoms with Gasteiger partial charge in [-0.15, -0.1) is 0 Å². The number of hydrogen-bond acceptors (Lipinski definition) is 3. The third-order valence-electron chi connectivity index (χ3n) is 2.44. The normalized spacial score (nSPS) is 13.6. The van der Waals surface area contributed by atoms with E-state index in [0.29, 0.717) is 6.42 Å². The lowest BCUT2D eigenvalue weighted by molar-refractivity contribution is 0.562. The van der Waals surface area contributed by atoms with Crippen molar-refractivity contribution in [1.82, 2.24) is 5.32 Å². The predicted molar refractivity (Wildman–Crippen MR) is 67.2 cm³/mol. The van der Waals surface area contributed by atoms with Gasteiger partial charge in [-0.25, -0.2) is 8.42 Å². The summed E-state index contributed by atoms with van der Waals surface area (Å²) in [5, 5.41) is 3.31. The summed E-state index contributed by atoms with van der Waals surface area (Å²) in [7, 11) is -2.83. The van der Waals surface area contributed by atoms with Crippen molar-refractivity contribution in [2.24, 2.45) is 0 Å². The number of nitrogens with one attached hydrogen (secondary N) is 1. The molecule has 0 aliphatic carbocycles. The molecule has 90 valence electrons. The Bertz CT molecular complexity index is 400. The zero-order chi connectivity index (χ0) is 12.0. The van der Waals surface area contributed by atoms with Crippen molar-refractivity contribution >= 4 is 9.84 Å². The highest BCUT2D eigenvalue weighted by molar-refractivity contribution is 7.90. The van der Waals surface area contributed by atoms with E-state index in [0.717, 1.165) is 6.54 Å². The maximum atomic E-state index is 10.9. The van der Waals surface area contributed by atoms with E-state index in [1.807, 2.05) is 18.2 Å². The van der Waals surface area contributed by atoms with E-state index >= 15 is 0 Å². The maximum absolute atomic E-state index is 10.9. The molecule has 1 aromatic carbocycles. The lowest BCUT2D eigenvalue weighted by Crippen LogP contribution is -2.21. The molecule has 1 aromatic rings. The summed E-state index contributed by atoms with van der Waals surface area (Å²) >= 11 is 0. The van der Waals surface area contributed by atoms with E-state index in [-0.39, 0.29) is 11.8 Å². The number of sulfone groups is 1. The van der Waals surface area contributed by atoms with Gasteiger partial charge in [-0.3, -0.25) is 0 Å². The van der Waals surface area contributed by atoms with Crippen LogP contribution in [0.1, 0.15) is 24.9 Å². The lowest BCUT2D eigenvalue weighted by atomic mass is 10.1. The van der Waals surface area contributed by atoms with E-state index in [9.17, 15) is 8.42 Å². The molecule has 1 atom stereocenters. The van der Waals surface area contributed by atoms with Crippen molar-refractivity contribution in [2.75, 3.05) is 18.6 Å². The van der Waals surface area contributed by atoms with E-state index in [1.54, 1.807) is 0 Å². The highest BCUT2D eigenvalue weighted by Crippen LogP contribution is 2.10. The zero-order valence-corrected chi connectivity index (χ0v) is 10.6. The topological polar surface area (TPSA) is 46.2 Å². The molecule has 4 heteroatoms. The minimum absolute atomic E-state index is 0.251. The standard InChI is InChI=1S/C12H19NO2S/c1-11(12-7-4-3-5-8-12)13-9-6-10-16(2,14)15/h3-5,7-8,11,13H,6,9-10H2,1-2H3. The maximum Gasteiger partial charge on any atom is 0.147 e. The predicted octanol–water partition coefficient (Wildman–Crippen LogP) is 1.77. The molecule has 1 unspecified atom stereocenters. The summed E-state index contributed by atoms with van der Waals surface area (Å²) in [5.74, 6) is 0.251. The Morgan fingerprint density at radius 3 is 2.44 bits per heavy atom. The number of benzene rings is 1. The van der Waals surface area contributed by atoms with Crippen molar-refractivity contribution in [1.29, 1.82) is 0 Å². The van der Waals surface area contributed by atoms with Crippen LogP contribution in [0.15, 0.2) is 30.3 Å². The van der Waals surface area contributed by atoms with Gasteiger partial charge in [0.05, 0.1) is 5.75 Å². The van der Waals surface area contributed by atoms with Crippen LogP contribution in [0.3, 0.4) is 0 Å². The Balaban J connectivity index is 2.29. The second-order valence-corrected chi connectivity index (χ2v) is 6.33. The van der Waals surface area contributed by atoms with Crippen molar-refractivity contribution in [3.05, 3.63) is 35.9 Å². The molecule has 0 aliphatic heterocycles. The van der Waals surface area contributed by atoms with Gasteiger partial charge in [0.15, 0.2) is 0 Å². The van der Waals surface area contributed by atoms with Crippen LogP contribution in [0.2, 0.25) is 0 Å². The number of rotatable bonds is 6. The third-order valence-corrected chi connectivity index (χ3v) is 3.47. The van der Waals surface area contributed by atoms with Gasteiger partial charge in [-0.1, -0.05) is 30.3 Å². The van der Waals surface area contributed by atoms with Crippen LogP contribution in [0.5, 0.6) is 0 Å². The van der Waals surface area contributed by atoms with Crippen LogP contribution in [-0.4, -0.2) is 27.0 Å². The molecule has 3 nitrogen and oxygen atoms in total. The third kappa shape index (κ3) is 5.28. The van der Waals surface area contributed by atoms with E-state index < -0.39 is 9.84 Å². The Morgan fingerprint density at radius 1 is 1.25 bits per heavy atom. The summed E-state index contributed by atoms with van der Waals surface area (Å²) in [6.45, 7) is 2.80. The Kier molecular flexibility index (Phi) is 4.96. The Morgan fingerprint density at radius 2 is 1.88 bits per heavy atom. The second-order valence-electron chi connectivity index (χ2n) is 4.07. The van der Waals surface area contributed by atoms with Crippen molar-refractivity contribution in [2.45, 2.75) is 19.4 Å². The quantitative estimate of drug-likeness (QED) is 0.772. The Labute approximate surface area is 97.8 Å². The average Bonchev–Trinajstić information content (AvgIpc) is 2.24. The van der Waals surface area contributed by atoms with E-state index in [4.69, 9.17) is 0 Å². The van der Waals surface area contributed by atoms with Crippen molar-refractivity contribution in [3.63, 3.8) is 0 Å². The summed E-state index contributed by atoms with van der Waals surface area (Å²) < 4.78 is 21.8. The van der Waals surface area contributed by atoms with Crippen LogP contribution >= 0.6 is 0 Å². The molecule has 0 amide bonds. The van der Waals surface area contributed by atoms with Crippen molar-refractivity contribution in [3.8, 4) is 0 Å². The molecular formula is C12H19NO2S. The van der Waals surface area contributed by atoms with Crippen LogP contribution < -0.4 is 5.32 Å². The SMILES string of the molecule is CC(NCCCS(C)(=O)=O)c1ccccc1. The van der Waals surface area contributed by atoms with Gasteiger partial charge in [0, 0.05) is 12.3 Å². The minimum atomic E-state index is -2.83. The van der Waals surface area contributed by atoms with Crippen LogP contribution in [0.4, 0.5) is 0 Å². The first-order valence-corrected chi connectivity index (χ1v) is 7.51. The van der Waals surface area contributed by atoms with Gasteiger partial charge in [0.2, 0.25) is 0 Å². The molecule has 0 saturated carbocycles. The van der Waals surface area contributed by atoms with E-state index in [1.165, 1.54) is 11.8 Å². The van der Waals surface area contributed by atoms with Crippen molar-refractivity contribution < 1.29 is 8.42 Å². The van der Waals surface area contributed by atoms with Gasteiger partial charge in [0.1, 0.15) is 9.84 Å². The van der Waals surface area contributed by atoms with Gasteiger partial charge in [-0.2, -0.15) is 0 Å². The first kappa shape index (κ1) is 13.2. The van der Waals surface area contributed by atoms with Gasteiger partial charge in [0.25, 0.3) is 0 Å². The number of hydrogen-bond donors (Lipinski definition) is 1. The molecule has 0 radical (unpaired) electrons. The van der Waals surface area contributed by atoms with Crippen LogP contribution in [0.25, 0.3) is 0 Å². The molecule has 0 spiro atoms. The molecular weight excluding hydrogens is 222 g/mol. The largest absolute Gasteiger partial charge is 0.310 e. The molecule has 1 rings (SSSR count). The summed E-state index contributed by atoms with van der Waals surface area (Å²) in [4.78, 5) is 0. The minimum Gasteiger partial charge on any atom is -0.310 e. The monoisotopic (exact) mass is 241 g/mol. The lowest BCUT2D eigenvalue weighted by Gasteiger charge is -2.13. The first-order valence-electron chi connectivity index (χ1n) is 5.45. The molecule has 0 saturated heterocycles. The fourth-order valence-electron chi connectivity index (χ4n) is 1.51. The fraction of sp³-hybridized carbons (Fsp3) is 0.500. The highest BCUT2D eigenvalue weighted by atomic mass is 32.2. The summed E-state index contributed by atoms with van der Waals surface area (Å²) in [5.41, 5.74) is 1.22. The molecule has 0 heterocycles. The first-order chi connectivity index (χ1) is 7.49. The average molecular weight is 241 g/mol.